The van der Waals surface area contributed by atoms with Crippen LogP contribution in [0.15, 0.2) is 64.7 Å². The first kappa shape index (κ1) is 44.0. The van der Waals surface area contributed by atoms with Crippen LogP contribution in [0.5, 0.6) is 0 Å². The van der Waals surface area contributed by atoms with Gasteiger partial charge in [0.2, 0.25) is 12.1 Å². The molecule has 0 spiro atoms. The number of aliphatic imine (C=N–C) groups is 1. The van der Waals surface area contributed by atoms with E-state index < -0.39 is 73.2 Å². The first-order chi connectivity index (χ1) is 26.2. The molecule has 1 saturated carbocycles. The fraction of sp³-hybridized carbons (Fsp3) is 0.649. The van der Waals surface area contributed by atoms with Crippen LogP contribution in [0.3, 0.4) is 0 Å². The number of allylic oxidation sites excluding steroid dienone is 2. The van der Waals surface area contributed by atoms with E-state index in [1.165, 1.54) is 12.3 Å². The van der Waals surface area contributed by atoms with Crippen molar-refractivity contribution >= 4 is 17.9 Å². The molecule has 1 saturated heterocycles. The van der Waals surface area contributed by atoms with Crippen LogP contribution in [0.4, 0.5) is 0 Å². The summed E-state index contributed by atoms with van der Waals surface area (Å²) in [7, 11) is 0. The number of carbonyl (C=O) groups excluding carboxylic acids is 1. The topological polar surface area (TPSA) is 277 Å². The van der Waals surface area contributed by atoms with E-state index in [2.05, 4.69) is 16.9 Å². The third kappa shape index (κ3) is 11.2. The molecule has 0 radical (unpaired) electrons. The number of esters is 1. The predicted molar refractivity (Wildman–Crippen MR) is 194 cm³/mol. The van der Waals surface area contributed by atoms with E-state index in [9.17, 15) is 40.2 Å². The Morgan fingerprint density at radius 3 is 2.51 bits per heavy atom. The van der Waals surface area contributed by atoms with E-state index in [1.54, 1.807) is 32.2 Å². The molecule has 4 rings (SSSR count). The summed E-state index contributed by atoms with van der Waals surface area (Å²) in [5.74, 6) is -6.70. The van der Waals surface area contributed by atoms with Gasteiger partial charge in [-0.15, -0.1) is 6.58 Å². The van der Waals surface area contributed by atoms with Gasteiger partial charge in [-0.1, -0.05) is 24.6 Å². The summed E-state index contributed by atoms with van der Waals surface area (Å²) in [4.78, 5) is 31.1. The summed E-state index contributed by atoms with van der Waals surface area (Å²) in [6.45, 7) is 6.44. The number of guanidine groups is 1. The number of nitrogens with one attached hydrogen (secondary N) is 2. The number of ether oxygens (including phenoxy) is 5. The summed E-state index contributed by atoms with van der Waals surface area (Å²) in [6.07, 6.45) is 3.19. The van der Waals surface area contributed by atoms with Gasteiger partial charge in [0.15, 0.2) is 18.4 Å². The van der Waals surface area contributed by atoms with Gasteiger partial charge in [-0.25, -0.2) is 9.59 Å². The Labute approximate surface area is 319 Å². The number of nitrogens with zero attached hydrogens (tertiary/aromatic N) is 1. The molecule has 0 amide bonds. The number of rotatable bonds is 17. The number of nitrogens with two attached hydrogens (primary N) is 1. The molecule has 0 aromatic rings. The van der Waals surface area contributed by atoms with Gasteiger partial charge in [0.25, 0.3) is 0 Å². The van der Waals surface area contributed by atoms with Gasteiger partial charge >= 0.3 is 11.9 Å². The van der Waals surface area contributed by atoms with E-state index in [1.807, 2.05) is 0 Å². The monoisotopic (exact) mass is 781 g/mol. The average Bonchev–Trinajstić information content (AvgIpc) is 3.14. The lowest BCUT2D eigenvalue weighted by atomic mass is 9.83. The van der Waals surface area contributed by atoms with Crippen LogP contribution in [-0.2, 0) is 33.3 Å². The molecular formula is C37H57N4O14+. The number of quaternary nitrogens is 1. The molecule has 1 aliphatic carbocycles. The number of aliphatic hydroxyl groups excluding tert-OH is 4. The molecule has 0 aromatic heterocycles. The van der Waals surface area contributed by atoms with Crippen molar-refractivity contribution in [3.05, 3.63) is 59.7 Å². The van der Waals surface area contributed by atoms with Crippen LogP contribution < -0.4 is 16.0 Å². The quantitative estimate of drug-likeness (QED) is 0.0192. The van der Waals surface area contributed by atoms with Gasteiger partial charge in [-0.05, 0) is 46.0 Å². The maximum Gasteiger partial charge on any atom is 0.339 e. The molecule has 18 nitrogen and oxygen atoms in total. The van der Waals surface area contributed by atoms with Crippen molar-refractivity contribution in [3.8, 4) is 0 Å². The number of hydrogen-bond donors (Lipinski definition) is 10. The van der Waals surface area contributed by atoms with E-state index >= 15 is 0 Å². The SMILES string of the molecule is C=CC1C(OC2OC(CO)C(O)C(O)(O)C2OC(C)C)OC=C(C(=O)OC2CCCCC2)C1C=CC1=C[NH+](CCO)CC(C(=O)O)=C1NC(N)=NCCCO. The van der Waals surface area contributed by atoms with Crippen LogP contribution in [0.2, 0.25) is 0 Å². The highest BCUT2D eigenvalue weighted by atomic mass is 16.8. The Morgan fingerprint density at radius 1 is 1.16 bits per heavy atom. The minimum Gasteiger partial charge on any atom is -0.478 e. The molecule has 0 bridgehead atoms. The lowest BCUT2D eigenvalue weighted by Crippen LogP contribution is -3.09. The molecule has 8 atom stereocenters. The van der Waals surface area contributed by atoms with Gasteiger partial charge in [0.05, 0.1) is 48.3 Å². The Kier molecular flexibility index (Phi) is 16.4. The van der Waals surface area contributed by atoms with Crippen molar-refractivity contribution in [2.24, 2.45) is 22.6 Å². The molecular weight excluding hydrogens is 724 g/mol. The summed E-state index contributed by atoms with van der Waals surface area (Å²) in [5.41, 5.74) is 6.63. The van der Waals surface area contributed by atoms with Crippen LogP contribution in [-0.4, -0.2) is 142 Å². The minimum atomic E-state index is -2.92. The highest BCUT2D eigenvalue weighted by Gasteiger charge is 2.57. The highest BCUT2D eigenvalue weighted by molar-refractivity contribution is 5.92. The van der Waals surface area contributed by atoms with Crippen LogP contribution in [0, 0.1) is 11.8 Å². The zero-order valence-electron chi connectivity index (χ0n) is 31.3. The number of carboxylic acid groups (broad SMARTS) is 1. The van der Waals surface area contributed by atoms with Crippen molar-refractivity contribution in [1.29, 1.82) is 0 Å². The number of hydrogen-bond acceptors (Lipinski definition) is 14. The van der Waals surface area contributed by atoms with Gasteiger partial charge in [0.1, 0.15) is 43.2 Å². The van der Waals surface area contributed by atoms with Crippen molar-refractivity contribution in [1.82, 2.24) is 5.32 Å². The second kappa shape index (κ2) is 20.5. The lowest BCUT2D eigenvalue weighted by molar-refractivity contribution is -0.843. The smallest absolute Gasteiger partial charge is 0.339 e. The fourth-order valence-corrected chi connectivity index (χ4v) is 6.93. The first-order valence-electron chi connectivity index (χ1n) is 18.6. The Hall–Kier alpha value is -3.69. The van der Waals surface area contributed by atoms with E-state index in [-0.39, 0.29) is 61.8 Å². The van der Waals surface area contributed by atoms with Crippen molar-refractivity contribution in [3.63, 3.8) is 0 Å². The summed E-state index contributed by atoms with van der Waals surface area (Å²) < 4.78 is 29.5. The maximum absolute atomic E-state index is 13.8. The van der Waals surface area contributed by atoms with Crippen molar-refractivity contribution in [2.75, 3.05) is 39.5 Å². The second-order valence-electron chi connectivity index (χ2n) is 14.2. The van der Waals surface area contributed by atoms with Gasteiger partial charge in [-0.3, -0.25) is 4.99 Å². The summed E-state index contributed by atoms with van der Waals surface area (Å²) >= 11 is 0. The molecule has 4 aliphatic rings. The minimum absolute atomic E-state index is 0.00254. The second-order valence-corrected chi connectivity index (χ2v) is 14.2. The molecule has 308 valence electrons. The number of aliphatic hydroxyl groups is 6. The molecule has 55 heavy (non-hydrogen) atoms. The molecule has 0 aromatic carbocycles. The molecule has 18 heteroatoms. The number of carbonyl (C=O) groups is 2. The summed E-state index contributed by atoms with van der Waals surface area (Å²) in [6, 6.07) is 0. The van der Waals surface area contributed by atoms with Crippen LogP contribution in [0.25, 0.3) is 0 Å². The maximum atomic E-state index is 13.8. The summed E-state index contributed by atoms with van der Waals surface area (Å²) in [5, 5.41) is 74.3. The molecule has 2 fully saturated rings. The zero-order valence-corrected chi connectivity index (χ0v) is 31.3. The number of aliphatic carboxylic acids is 1. The lowest BCUT2D eigenvalue weighted by Gasteiger charge is -2.48. The third-order valence-electron chi connectivity index (χ3n) is 9.76. The third-order valence-corrected chi connectivity index (χ3v) is 9.76. The molecule has 3 aliphatic heterocycles. The fourth-order valence-electron chi connectivity index (χ4n) is 6.93. The van der Waals surface area contributed by atoms with Gasteiger partial charge < -0.3 is 75.4 Å². The number of carboxylic acids is 1. The molecule has 8 unspecified atom stereocenters. The van der Waals surface area contributed by atoms with Crippen molar-refractivity contribution in [2.45, 2.75) is 101 Å². The Balaban J connectivity index is 1.76. The average molecular weight is 782 g/mol. The molecule has 11 N–H and O–H groups in total. The van der Waals surface area contributed by atoms with Gasteiger partial charge in [-0.2, -0.15) is 0 Å². The van der Waals surface area contributed by atoms with Gasteiger partial charge in [0, 0.05) is 19.1 Å². The van der Waals surface area contributed by atoms with Crippen LogP contribution in [0.1, 0.15) is 52.4 Å². The van der Waals surface area contributed by atoms with E-state index in [0.717, 1.165) is 19.3 Å². The van der Waals surface area contributed by atoms with E-state index in [0.29, 0.717) is 29.7 Å². The highest BCUT2D eigenvalue weighted by Crippen LogP contribution is 2.39. The Bertz CT molecular complexity index is 1490. The normalized spacial score (nSPS) is 30.5. The van der Waals surface area contributed by atoms with Crippen LogP contribution >= 0.6 is 0 Å². The predicted octanol–water partition coefficient (Wildman–Crippen LogP) is -1.95. The standard InChI is InChI=1S/C37H56N4O14/c1-4-24-25(12-11-22-17-41(14-16-43)18-26(32(46)47)29(22)40-36(38)39-13-8-15-42)27(33(48)53-23-9-6-5-7-10-23)20-51-34(24)55-35-31(52-21(2)3)37(49,50)30(45)28(19-44)54-35/h4,11-12,17,20-21,23-25,28,30-31,34-35,42-45,49-50H,1,5-10,13-16,18-19H2,2-3H3,(H,46,47)(H3,38,39,40)/p+1. The molecule has 3 heterocycles. The van der Waals surface area contributed by atoms with Crippen molar-refractivity contribution < 1.29 is 73.9 Å². The van der Waals surface area contributed by atoms with E-state index in [4.69, 9.17) is 34.5 Å². The Morgan fingerprint density at radius 2 is 1.89 bits per heavy atom. The zero-order chi connectivity index (χ0) is 40.3. The largest absolute Gasteiger partial charge is 0.478 e. The first-order valence-corrected chi connectivity index (χ1v) is 18.6.